The summed E-state index contributed by atoms with van der Waals surface area (Å²) in [5.74, 6) is 0. The highest BCUT2D eigenvalue weighted by Gasteiger charge is 2.00. The minimum atomic E-state index is 0.977. The van der Waals surface area contributed by atoms with Crippen molar-refractivity contribution >= 4 is 5.69 Å². The fraction of sp³-hybridized carbons (Fsp3) is 0.353. The van der Waals surface area contributed by atoms with Crippen LogP contribution in [-0.2, 0) is 0 Å². The molecule has 0 unspecified atom stereocenters. The molecule has 0 fully saturated rings. The molecule has 1 aromatic carbocycles. The number of anilines is 1. The van der Waals surface area contributed by atoms with Crippen LogP contribution in [0.25, 0.3) is 11.3 Å². The zero-order chi connectivity index (χ0) is 14.2. The van der Waals surface area contributed by atoms with Crippen molar-refractivity contribution in [2.75, 3.05) is 31.5 Å². The number of aromatic nitrogens is 1. The molecule has 0 radical (unpaired) electrons. The van der Waals surface area contributed by atoms with E-state index < -0.39 is 0 Å². The molecule has 2 aromatic rings. The molecule has 0 spiro atoms. The van der Waals surface area contributed by atoms with Gasteiger partial charge in [0.05, 0.1) is 5.69 Å². The van der Waals surface area contributed by atoms with Crippen molar-refractivity contribution in [2.24, 2.45) is 0 Å². The number of hydrogen-bond acceptors (Lipinski definition) is 3. The number of benzene rings is 1. The van der Waals surface area contributed by atoms with Gasteiger partial charge in [0, 0.05) is 30.5 Å². The van der Waals surface area contributed by atoms with Gasteiger partial charge in [-0.05, 0) is 37.4 Å². The van der Waals surface area contributed by atoms with Gasteiger partial charge in [0.1, 0.15) is 0 Å². The van der Waals surface area contributed by atoms with Crippen molar-refractivity contribution in [2.45, 2.75) is 13.8 Å². The van der Waals surface area contributed by atoms with E-state index in [-0.39, 0.29) is 0 Å². The summed E-state index contributed by atoms with van der Waals surface area (Å²) in [6.07, 6.45) is 1.82. The molecule has 1 N–H and O–H groups in total. The van der Waals surface area contributed by atoms with E-state index >= 15 is 0 Å². The largest absolute Gasteiger partial charge is 0.384 e. The van der Waals surface area contributed by atoms with E-state index in [0.29, 0.717) is 0 Å². The number of nitrogens with one attached hydrogen (secondary N) is 1. The monoisotopic (exact) mass is 269 g/mol. The van der Waals surface area contributed by atoms with Gasteiger partial charge < -0.3 is 10.2 Å². The summed E-state index contributed by atoms with van der Waals surface area (Å²) in [6, 6.07) is 14.4. The predicted molar refractivity (Wildman–Crippen MR) is 86.0 cm³/mol. The lowest BCUT2D eigenvalue weighted by atomic mass is 10.1. The Morgan fingerprint density at radius 2 is 1.75 bits per heavy atom. The second-order valence-corrected chi connectivity index (χ2v) is 4.75. The van der Waals surface area contributed by atoms with Crippen molar-refractivity contribution in [3.05, 3.63) is 48.7 Å². The van der Waals surface area contributed by atoms with Crippen LogP contribution in [0.2, 0.25) is 0 Å². The van der Waals surface area contributed by atoms with Crippen molar-refractivity contribution < 1.29 is 0 Å². The number of rotatable bonds is 7. The SMILES string of the molecule is CCN(CC)CCNc1ccc(-c2ccccn2)cc1. The number of nitrogens with zero attached hydrogens (tertiary/aromatic N) is 2. The Morgan fingerprint density at radius 1 is 1.00 bits per heavy atom. The van der Waals surface area contributed by atoms with E-state index in [9.17, 15) is 0 Å². The maximum atomic E-state index is 4.36. The van der Waals surface area contributed by atoms with Crippen LogP contribution in [0, 0.1) is 0 Å². The first-order valence-corrected chi connectivity index (χ1v) is 7.31. The van der Waals surface area contributed by atoms with Crippen molar-refractivity contribution in [3.63, 3.8) is 0 Å². The van der Waals surface area contributed by atoms with Crippen molar-refractivity contribution in [1.29, 1.82) is 0 Å². The van der Waals surface area contributed by atoms with Gasteiger partial charge in [-0.2, -0.15) is 0 Å². The van der Waals surface area contributed by atoms with Crippen LogP contribution in [0.3, 0.4) is 0 Å². The molecular weight excluding hydrogens is 246 g/mol. The normalized spacial score (nSPS) is 10.8. The molecule has 20 heavy (non-hydrogen) atoms. The number of pyridine rings is 1. The molecular formula is C17H23N3. The summed E-state index contributed by atoms with van der Waals surface area (Å²) in [5.41, 5.74) is 3.33. The Morgan fingerprint density at radius 3 is 2.35 bits per heavy atom. The van der Waals surface area contributed by atoms with Crippen LogP contribution in [0.15, 0.2) is 48.7 Å². The van der Waals surface area contributed by atoms with E-state index in [1.165, 1.54) is 0 Å². The van der Waals surface area contributed by atoms with Gasteiger partial charge in [0.2, 0.25) is 0 Å². The Hall–Kier alpha value is -1.87. The molecule has 0 aliphatic heterocycles. The van der Waals surface area contributed by atoms with Gasteiger partial charge >= 0.3 is 0 Å². The lowest BCUT2D eigenvalue weighted by molar-refractivity contribution is 0.316. The first-order chi connectivity index (χ1) is 9.83. The highest BCUT2D eigenvalue weighted by Crippen LogP contribution is 2.18. The van der Waals surface area contributed by atoms with Gasteiger partial charge in [-0.15, -0.1) is 0 Å². The zero-order valence-electron chi connectivity index (χ0n) is 12.3. The maximum absolute atomic E-state index is 4.36. The lowest BCUT2D eigenvalue weighted by Crippen LogP contribution is -2.28. The molecule has 1 aromatic heterocycles. The van der Waals surface area contributed by atoms with Gasteiger partial charge in [0.15, 0.2) is 0 Å². The summed E-state index contributed by atoms with van der Waals surface area (Å²) in [7, 11) is 0. The Kier molecular flexibility index (Phi) is 5.56. The summed E-state index contributed by atoms with van der Waals surface area (Å²) in [5, 5.41) is 3.46. The van der Waals surface area contributed by atoms with Crippen LogP contribution in [-0.4, -0.2) is 36.1 Å². The first kappa shape index (κ1) is 14.5. The van der Waals surface area contributed by atoms with E-state index in [1.54, 1.807) is 0 Å². The van der Waals surface area contributed by atoms with Gasteiger partial charge in [0.25, 0.3) is 0 Å². The summed E-state index contributed by atoms with van der Waals surface area (Å²) >= 11 is 0. The third-order valence-corrected chi connectivity index (χ3v) is 3.50. The molecule has 0 saturated carbocycles. The highest BCUT2D eigenvalue weighted by molar-refractivity contribution is 5.62. The zero-order valence-corrected chi connectivity index (χ0v) is 12.3. The average Bonchev–Trinajstić information content (AvgIpc) is 2.53. The van der Waals surface area contributed by atoms with Gasteiger partial charge in [-0.1, -0.05) is 32.0 Å². The van der Waals surface area contributed by atoms with Crippen molar-refractivity contribution in [1.82, 2.24) is 9.88 Å². The topological polar surface area (TPSA) is 28.2 Å². The quantitative estimate of drug-likeness (QED) is 0.834. The van der Waals surface area contributed by atoms with E-state index in [2.05, 4.69) is 53.3 Å². The van der Waals surface area contributed by atoms with Gasteiger partial charge in [-0.3, -0.25) is 4.98 Å². The van der Waals surface area contributed by atoms with E-state index in [0.717, 1.165) is 43.1 Å². The van der Waals surface area contributed by atoms with E-state index in [4.69, 9.17) is 0 Å². The minimum Gasteiger partial charge on any atom is -0.384 e. The lowest BCUT2D eigenvalue weighted by Gasteiger charge is -2.18. The van der Waals surface area contributed by atoms with Crippen LogP contribution < -0.4 is 5.32 Å². The van der Waals surface area contributed by atoms with Gasteiger partial charge in [-0.25, -0.2) is 0 Å². The molecule has 2 rings (SSSR count). The maximum Gasteiger partial charge on any atom is 0.0701 e. The fourth-order valence-corrected chi connectivity index (χ4v) is 2.19. The van der Waals surface area contributed by atoms with Crippen LogP contribution in [0.4, 0.5) is 5.69 Å². The number of hydrogen-bond donors (Lipinski definition) is 1. The number of likely N-dealkylation sites (N-methyl/N-ethyl adjacent to an activating group) is 1. The molecule has 0 saturated heterocycles. The predicted octanol–water partition coefficient (Wildman–Crippen LogP) is 3.50. The fourth-order valence-electron chi connectivity index (χ4n) is 2.19. The molecule has 3 heteroatoms. The molecule has 0 atom stereocenters. The third-order valence-electron chi connectivity index (χ3n) is 3.50. The smallest absolute Gasteiger partial charge is 0.0701 e. The molecule has 0 aliphatic rings. The molecule has 1 heterocycles. The van der Waals surface area contributed by atoms with Crippen LogP contribution in [0.1, 0.15) is 13.8 Å². The Balaban J connectivity index is 1.89. The molecule has 0 aliphatic carbocycles. The second-order valence-electron chi connectivity index (χ2n) is 4.75. The Labute approximate surface area is 121 Å². The standard InChI is InChI=1S/C17H23N3/c1-3-20(4-2)14-13-18-16-10-8-15(9-11-16)17-7-5-6-12-19-17/h5-12,18H,3-4,13-14H2,1-2H3. The second kappa shape index (κ2) is 7.65. The molecule has 106 valence electrons. The summed E-state index contributed by atoms with van der Waals surface area (Å²) in [6.45, 7) is 8.67. The minimum absolute atomic E-state index is 0.977. The van der Waals surface area contributed by atoms with Crippen LogP contribution >= 0.6 is 0 Å². The molecule has 0 bridgehead atoms. The molecule has 3 nitrogen and oxygen atoms in total. The summed E-state index contributed by atoms with van der Waals surface area (Å²) in [4.78, 5) is 6.77. The first-order valence-electron chi connectivity index (χ1n) is 7.31. The highest BCUT2D eigenvalue weighted by atomic mass is 15.1. The average molecular weight is 269 g/mol. The van der Waals surface area contributed by atoms with Crippen molar-refractivity contribution in [3.8, 4) is 11.3 Å². The summed E-state index contributed by atoms with van der Waals surface area (Å²) < 4.78 is 0. The Bertz CT molecular complexity index is 489. The molecule has 0 amide bonds. The van der Waals surface area contributed by atoms with Crippen LogP contribution in [0.5, 0.6) is 0 Å². The third kappa shape index (κ3) is 4.07. The van der Waals surface area contributed by atoms with E-state index in [1.807, 2.05) is 24.4 Å².